The number of hydrogen-bond acceptors (Lipinski definition) is 5. The molecule has 0 saturated heterocycles. The van der Waals surface area contributed by atoms with E-state index in [9.17, 15) is 19.5 Å². The number of hydrogen-bond donors (Lipinski definition) is 2. The van der Waals surface area contributed by atoms with Gasteiger partial charge >= 0.3 is 6.03 Å². The van der Waals surface area contributed by atoms with E-state index in [0.717, 1.165) is 5.56 Å². The van der Waals surface area contributed by atoms with Crippen LogP contribution in [-0.4, -0.2) is 59.9 Å². The van der Waals surface area contributed by atoms with Gasteiger partial charge in [0.25, 0.3) is 11.8 Å². The summed E-state index contributed by atoms with van der Waals surface area (Å²) in [6.45, 7) is -0.127. The number of nitrogens with zero attached hydrogens (tertiary/aromatic N) is 2. The number of benzene rings is 2. The van der Waals surface area contributed by atoms with Crippen LogP contribution in [0.3, 0.4) is 0 Å². The van der Waals surface area contributed by atoms with Crippen LogP contribution in [0.15, 0.2) is 59.6 Å². The highest BCUT2D eigenvalue weighted by Crippen LogP contribution is 2.41. The van der Waals surface area contributed by atoms with E-state index in [2.05, 4.69) is 22.4 Å². The van der Waals surface area contributed by atoms with Crippen LogP contribution >= 0.6 is 0 Å². The second-order valence-electron chi connectivity index (χ2n) is 8.43. The number of aliphatic imine (C=N–C) groups is 1. The Balaban J connectivity index is 1.51. The molecule has 0 radical (unpaired) electrons. The number of aliphatic hydroxyl groups excluding tert-OH is 1. The fourth-order valence-electron chi connectivity index (χ4n) is 4.82. The largest absolute Gasteiger partial charge is 0.496 e. The lowest BCUT2D eigenvalue weighted by atomic mass is 9.67. The summed E-state index contributed by atoms with van der Waals surface area (Å²) in [5, 5.41) is 12.4. The number of rotatable bonds is 7. The molecule has 4 amide bonds. The normalized spacial score (nSPS) is 22.8. The number of nitrogens with one attached hydrogen (secondary N) is 1. The molecule has 1 fully saturated rings. The van der Waals surface area contributed by atoms with Crippen LogP contribution in [0.25, 0.3) is 0 Å². The molecule has 8 heteroatoms. The molecule has 2 aromatic rings. The molecule has 2 aliphatic rings. The average molecular weight is 450 g/mol. The van der Waals surface area contributed by atoms with Crippen LogP contribution in [0.5, 0.6) is 5.75 Å². The Morgan fingerprint density at radius 3 is 2.42 bits per heavy atom. The minimum atomic E-state index is -0.606. The maximum atomic E-state index is 12.9. The minimum Gasteiger partial charge on any atom is -0.496 e. The van der Waals surface area contributed by atoms with Crippen molar-refractivity contribution in [1.29, 1.82) is 0 Å². The molecule has 4 rings (SSSR count). The van der Waals surface area contributed by atoms with E-state index in [-0.39, 0.29) is 23.1 Å². The van der Waals surface area contributed by atoms with Crippen molar-refractivity contribution >= 4 is 23.6 Å². The van der Waals surface area contributed by atoms with Crippen molar-refractivity contribution in [1.82, 2.24) is 10.2 Å². The molecule has 0 bridgehead atoms. The lowest BCUT2D eigenvalue weighted by Gasteiger charge is -2.42. The lowest BCUT2D eigenvalue weighted by Crippen LogP contribution is -2.49. The van der Waals surface area contributed by atoms with Gasteiger partial charge in [-0.05, 0) is 43.4 Å². The van der Waals surface area contributed by atoms with Crippen molar-refractivity contribution < 1.29 is 24.2 Å². The zero-order chi connectivity index (χ0) is 23.4. The van der Waals surface area contributed by atoms with Crippen LogP contribution in [0, 0.1) is 0 Å². The van der Waals surface area contributed by atoms with E-state index in [1.54, 1.807) is 18.2 Å². The number of ether oxygens (including phenoxy) is 1. The molecule has 1 aliphatic carbocycles. The molecule has 0 spiro atoms. The average Bonchev–Trinajstić information content (AvgIpc) is 3.16. The van der Waals surface area contributed by atoms with Gasteiger partial charge in [0.1, 0.15) is 11.5 Å². The monoisotopic (exact) mass is 449 g/mol. The quantitative estimate of drug-likeness (QED) is 0.676. The number of para-hydroxylation sites is 1. The van der Waals surface area contributed by atoms with Crippen LogP contribution in [0.2, 0.25) is 0 Å². The number of carbonyl (C=O) groups is 3. The standard InChI is InChI=1S/C25H27N3O5/c1-33-21-10-6-5-9-19(21)22(30)26-16-25(17-7-3-2-4-8-17)13-11-18(12-14-25)28-23(31)20(15-29)27-24(28)32/h2-10,18,29H,11-16H2,1H3,(H,26,30)/t18-,25-. The van der Waals surface area contributed by atoms with E-state index < -0.39 is 18.5 Å². The summed E-state index contributed by atoms with van der Waals surface area (Å²) in [5.74, 6) is -0.210. The number of methoxy groups -OCH3 is 1. The van der Waals surface area contributed by atoms with Gasteiger partial charge in [0.05, 0.1) is 19.3 Å². The van der Waals surface area contributed by atoms with Gasteiger partial charge in [0, 0.05) is 18.0 Å². The molecular formula is C25H27N3O5. The molecule has 1 heterocycles. The summed E-state index contributed by atoms with van der Waals surface area (Å²) in [6.07, 6.45) is 2.54. The van der Waals surface area contributed by atoms with Crippen molar-refractivity contribution in [3.63, 3.8) is 0 Å². The Kier molecular flexibility index (Phi) is 6.55. The maximum absolute atomic E-state index is 12.9. The lowest BCUT2D eigenvalue weighted by molar-refractivity contribution is -0.123. The van der Waals surface area contributed by atoms with Gasteiger partial charge in [-0.2, -0.15) is 4.99 Å². The van der Waals surface area contributed by atoms with Crippen LogP contribution in [0.4, 0.5) is 4.79 Å². The second kappa shape index (κ2) is 9.54. The predicted molar refractivity (Wildman–Crippen MR) is 122 cm³/mol. The molecule has 1 saturated carbocycles. The molecule has 2 aromatic carbocycles. The SMILES string of the molecule is COc1ccccc1C(=O)NC[C@]1(c2ccccc2)CC[C@H](N2C(=O)N=C(CO)C2=O)CC1. The number of amides is 4. The zero-order valence-corrected chi connectivity index (χ0v) is 18.5. The van der Waals surface area contributed by atoms with Gasteiger partial charge in [0.15, 0.2) is 0 Å². The van der Waals surface area contributed by atoms with Crippen LogP contribution in [0.1, 0.15) is 41.6 Å². The third-order valence-electron chi connectivity index (χ3n) is 6.65. The minimum absolute atomic E-state index is 0.107. The van der Waals surface area contributed by atoms with Crippen molar-refractivity contribution in [2.75, 3.05) is 20.3 Å². The molecule has 33 heavy (non-hydrogen) atoms. The van der Waals surface area contributed by atoms with Crippen LogP contribution in [-0.2, 0) is 10.2 Å². The Bertz CT molecular complexity index is 1070. The summed E-state index contributed by atoms with van der Waals surface area (Å²) in [6, 6.07) is 16.2. The topological polar surface area (TPSA) is 108 Å². The Labute approximate surface area is 192 Å². The van der Waals surface area contributed by atoms with Crippen LogP contribution < -0.4 is 10.1 Å². The third kappa shape index (κ3) is 4.39. The maximum Gasteiger partial charge on any atom is 0.351 e. The molecule has 0 aromatic heterocycles. The first-order valence-corrected chi connectivity index (χ1v) is 11.0. The molecule has 172 valence electrons. The summed E-state index contributed by atoms with van der Waals surface area (Å²) in [5.41, 5.74) is 1.14. The Hall–Kier alpha value is -3.52. The summed E-state index contributed by atoms with van der Waals surface area (Å²) in [7, 11) is 1.53. The molecule has 0 atom stereocenters. The molecule has 0 unspecified atom stereocenters. The van der Waals surface area contributed by atoms with Gasteiger partial charge in [-0.15, -0.1) is 0 Å². The highest BCUT2D eigenvalue weighted by atomic mass is 16.5. The van der Waals surface area contributed by atoms with Crippen molar-refractivity contribution in [3.05, 3.63) is 65.7 Å². The van der Waals surface area contributed by atoms with E-state index >= 15 is 0 Å². The van der Waals surface area contributed by atoms with Crippen molar-refractivity contribution in [3.8, 4) is 5.75 Å². The van der Waals surface area contributed by atoms with Gasteiger partial charge in [-0.1, -0.05) is 42.5 Å². The Morgan fingerprint density at radius 1 is 1.12 bits per heavy atom. The first-order valence-electron chi connectivity index (χ1n) is 11.0. The zero-order valence-electron chi connectivity index (χ0n) is 18.5. The van der Waals surface area contributed by atoms with E-state index in [1.807, 2.05) is 24.3 Å². The fourth-order valence-corrected chi connectivity index (χ4v) is 4.82. The highest BCUT2D eigenvalue weighted by Gasteiger charge is 2.44. The summed E-state index contributed by atoms with van der Waals surface area (Å²) < 4.78 is 5.32. The number of aliphatic hydroxyl groups is 1. The van der Waals surface area contributed by atoms with E-state index in [4.69, 9.17) is 4.74 Å². The number of urea groups is 1. The van der Waals surface area contributed by atoms with Gasteiger partial charge < -0.3 is 15.2 Å². The van der Waals surface area contributed by atoms with Gasteiger partial charge in [-0.3, -0.25) is 14.5 Å². The number of carbonyl (C=O) groups excluding carboxylic acids is 3. The fraction of sp³-hybridized carbons (Fsp3) is 0.360. The molecule has 2 N–H and O–H groups in total. The highest BCUT2D eigenvalue weighted by molar-refractivity contribution is 6.46. The number of imide groups is 1. The molecule has 8 nitrogen and oxygen atoms in total. The van der Waals surface area contributed by atoms with Gasteiger partial charge in [0.2, 0.25) is 0 Å². The summed E-state index contributed by atoms with van der Waals surface area (Å²) >= 11 is 0. The predicted octanol–water partition coefficient (Wildman–Crippen LogP) is 2.70. The van der Waals surface area contributed by atoms with Gasteiger partial charge in [-0.25, -0.2) is 4.79 Å². The molecular weight excluding hydrogens is 422 g/mol. The molecule has 1 aliphatic heterocycles. The second-order valence-corrected chi connectivity index (χ2v) is 8.43. The smallest absolute Gasteiger partial charge is 0.351 e. The first-order chi connectivity index (χ1) is 16.0. The van der Waals surface area contributed by atoms with Crippen molar-refractivity contribution in [2.24, 2.45) is 4.99 Å². The summed E-state index contributed by atoms with van der Waals surface area (Å²) in [4.78, 5) is 42.5. The Morgan fingerprint density at radius 2 is 1.79 bits per heavy atom. The first kappa shape index (κ1) is 22.7. The third-order valence-corrected chi connectivity index (χ3v) is 6.65. The van der Waals surface area contributed by atoms with E-state index in [0.29, 0.717) is 43.5 Å². The van der Waals surface area contributed by atoms with Crippen molar-refractivity contribution in [2.45, 2.75) is 37.1 Å². The van der Waals surface area contributed by atoms with E-state index in [1.165, 1.54) is 12.0 Å².